The summed E-state index contributed by atoms with van der Waals surface area (Å²) in [5, 5.41) is 11.7. The number of aromatic nitrogens is 2. The van der Waals surface area contributed by atoms with Crippen LogP contribution < -0.4 is 20.3 Å². The van der Waals surface area contributed by atoms with E-state index in [-0.39, 0.29) is 24.0 Å². The Kier molecular flexibility index (Phi) is 8.49. The van der Waals surface area contributed by atoms with Crippen LogP contribution in [0.5, 0.6) is 5.75 Å². The maximum atomic E-state index is 6.16. The van der Waals surface area contributed by atoms with Gasteiger partial charge in [0.15, 0.2) is 5.96 Å². The van der Waals surface area contributed by atoms with E-state index in [1.165, 1.54) is 0 Å². The first-order chi connectivity index (χ1) is 12.7. The summed E-state index contributed by atoms with van der Waals surface area (Å²) in [6.45, 7) is 3.37. The molecule has 0 spiro atoms. The summed E-state index contributed by atoms with van der Waals surface area (Å²) in [7, 11) is 3.47. The van der Waals surface area contributed by atoms with Gasteiger partial charge in [0.1, 0.15) is 5.75 Å². The third-order valence-corrected chi connectivity index (χ3v) is 4.66. The van der Waals surface area contributed by atoms with Gasteiger partial charge in [-0.2, -0.15) is 5.10 Å². The number of anilines is 1. The molecule has 1 aliphatic rings. The summed E-state index contributed by atoms with van der Waals surface area (Å²) >= 11 is 6.16. The molecule has 2 heterocycles. The topological polar surface area (TPSA) is 66.7 Å². The number of hydrogen-bond acceptors (Lipinski definition) is 4. The molecule has 0 amide bonds. The first-order valence-corrected chi connectivity index (χ1v) is 9.10. The summed E-state index contributed by atoms with van der Waals surface area (Å²) < 4.78 is 7.37. The van der Waals surface area contributed by atoms with Crippen LogP contribution in [0.1, 0.15) is 6.42 Å². The Morgan fingerprint density at radius 3 is 3.00 bits per heavy atom. The van der Waals surface area contributed by atoms with Crippen molar-refractivity contribution in [3.05, 3.63) is 41.7 Å². The fraction of sp³-hybridized carbons (Fsp3) is 0.444. The Balaban J connectivity index is 0.00000261. The molecule has 9 heteroatoms. The molecule has 1 aromatic carbocycles. The number of nitrogens with one attached hydrogen (secondary N) is 2. The number of halogens is 2. The highest BCUT2D eigenvalue weighted by atomic mass is 127. The van der Waals surface area contributed by atoms with Crippen molar-refractivity contribution in [1.29, 1.82) is 0 Å². The summed E-state index contributed by atoms with van der Waals surface area (Å²) in [5.41, 5.74) is 1.03. The lowest BCUT2D eigenvalue weighted by molar-refractivity contribution is 0.415. The van der Waals surface area contributed by atoms with E-state index >= 15 is 0 Å². The number of nitrogens with zero attached hydrogens (tertiary/aromatic N) is 4. The molecular formula is C18H26ClIN6O. The third kappa shape index (κ3) is 5.90. The van der Waals surface area contributed by atoms with Crippen LogP contribution in [-0.2, 0) is 6.54 Å². The number of guanidine groups is 1. The average Bonchev–Trinajstić information content (AvgIpc) is 3.32. The summed E-state index contributed by atoms with van der Waals surface area (Å²) in [6.07, 6.45) is 4.75. The molecule has 1 unspecified atom stereocenters. The highest BCUT2D eigenvalue weighted by Gasteiger charge is 2.25. The Morgan fingerprint density at radius 1 is 1.44 bits per heavy atom. The number of ether oxygens (including phenoxy) is 1. The Labute approximate surface area is 182 Å². The van der Waals surface area contributed by atoms with Crippen molar-refractivity contribution >= 4 is 47.2 Å². The maximum absolute atomic E-state index is 6.16. The molecule has 27 heavy (non-hydrogen) atoms. The molecule has 1 saturated heterocycles. The molecule has 0 radical (unpaired) electrons. The first-order valence-electron chi connectivity index (χ1n) is 8.72. The van der Waals surface area contributed by atoms with Crippen molar-refractivity contribution < 1.29 is 4.74 Å². The van der Waals surface area contributed by atoms with Crippen molar-refractivity contribution in [1.82, 2.24) is 20.4 Å². The zero-order valence-electron chi connectivity index (χ0n) is 15.6. The highest BCUT2D eigenvalue weighted by Crippen LogP contribution is 2.33. The third-order valence-electron chi connectivity index (χ3n) is 4.43. The van der Waals surface area contributed by atoms with Crippen LogP contribution in [0, 0.1) is 0 Å². The molecule has 3 rings (SSSR count). The fourth-order valence-corrected chi connectivity index (χ4v) is 3.28. The van der Waals surface area contributed by atoms with E-state index in [9.17, 15) is 0 Å². The second-order valence-electron chi connectivity index (χ2n) is 6.16. The molecule has 1 aliphatic heterocycles. The predicted molar refractivity (Wildman–Crippen MR) is 121 cm³/mol. The summed E-state index contributed by atoms with van der Waals surface area (Å²) in [5.74, 6) is 1.65. The molecule has 148 valence electrons. The molecule has 1 atom stereocenters. The lowest BCUT2D eigenvalue weighted by Gasteiger charge is -2.22. The minimum absolute atomic E-state index is 0. The van der Waals surface area contributed by atoms with Crippen LogP contribution in [-0.4, -0.2) is 55.6 Å². The number of rotatable bonds is 6. The van der Waals surface area contributed by atoms with Gasteiger partial charge in [-0.15, -0.1) is 24.0 Å². The van der Waals surface area contributed by atoms with Gasteiger partial charge in [0.25, 0.3) is 0 Å². The fourth-order valence-electron chi connectivity index (χ4n) is 3.12. The molecule has 0 bridgehead atoms. The first kappa shape index (κ1) is 21.6. The Bertz CT molecular complexity index is 739. The molecule has 0 saturated carbocycles. The van der Waals surface area contributed by atoms with Gasteiger partial charge in [-0.05, 0) is 30.7 Å². The second kappa shape index (κ2) is 10.6. The maximum Gasteiger partial charge on any atom is 0.191 e. The zero-order valence-corrected chi connectivity index (χ0v) is 18.6. The van der Waals surface area contributed by atoms with E-state index in [2.05, 4.69) is 25.6 Å². The Hall–Kier alpha value is -1.68. The van der Waals surface area contributed by atoms with Crippen molar-refractivity contribution in [3.8, 4) is 5.75 Å². The minimum Gasteiger partial charge on any atom is -0.495 e. The monoisotopic (exact) mass is 504 g/mol. The molecule has 7 nitrogen and oxygen atoms in total. The Morgan fingerprint density at radius 2 is 2.30 bits per heavy atom. The van der Waals surface area contributed by atoms with Gasteiger partial charge >= 0.3 is 0 Å². The predicted octanol–water partition coefficient (Wildman–Crippen LogP) is 2.61. The van der Waals surface area contributed by atoms with Gasteiger partial charge in [-0.1, -0.05) is 11.6 Å². The van der Waals surface area contributed by atoms with Gasteiger partial charge in [-0.3, -0.25) is 9.67 Å². The molecule has 2 N–H and O–H groups in total. The van der Waals surface area contributed by atoms with Gasteiger partial charge in [0.05, 0.1) is 19.3 Å². The van der Waals surface area contributed by atoms with Crippen molar-refractivity contribution in [3.63, 3.8) is 0 Å². The van der Waals surface area contributed by atoms with E-state index in [1.54, 1.807) is 20.4 Å². The van der Waals surface area contributed by atoms with Crippen molar-refractivity contribution in [2.45, 2.75) is 19.0 Å². The van der Waals surface area contributed by atoms with E-state index < -0.39 is 0 Å². The van der Waals surface area contributed by atoms with Crippen LogP contribution in [0.15, 0.2) is 41.7 Å². The van der Waals surface area contributed by atoms with Crippen LogP contribution >= 0.6 is 35.6 Å². The van der Waals surface area contributed by atoms with E-state index in [0.29, 0.717) is 11.1 Å². The van der Waals surface area contributed by atoms with Crippen molar-refractivity contribution in [2.24, 2.45) is 4.99 Å². The second-order valence-corrected chi connectivity index (χ2v) is 6.60. The van der Waals surface area contributed by atoms with E-state index in [4.69, 9.17) is 16.3 Å². The zero-order chi connectivity index (χ0) is 18.4. The minimum atomic E-state index is 0. The summed E-state index contributed by atoms with van der Waals surface area (Å²) in [6, 6.07) is 7.95. The summed E-state index contributed by atoms with van der Waals surface area (Å²) in [4.78, 5) is 6.61. The van der Waals surface area contributed by atoms with Crippen LogP contribution in [0.3, 0.4) is 0 Å². The highest BCUT2D eigenvalue weighted by molar-refractivity contribution is 14.0. The lowest BCUT2D eigenvalue weighted by atomic mass is 10.2. The van der Waals surface area contributed by atoms with Gasteiger partial charge in [0, 0.05) is 50.1 Å². The average molecular weight is 505 g/mol. The molecular weight excluding hydrogens is 479 g/mol. The normalized spacial score (nSPS) is 16.8. The molecule has 1 fully saturated rings. The number of aliphatic imine (C=N–C) groups is 1. The SMILES string of the molecule is CN=C(NCCn1cccn1)NC1CCN(c2cc(Cl)ccc2OC)C1.I. The van der Waals surface area contributed by atoms with Crippen LogP contribution in [0.2, 0.25) is 5.02 Å². The quantitative estimate of drug-likeness (QED) is 0.360. The van der Waals surface area contributed by atoms with E-state index in [0.717, 1.165) is 50.0 Å². The van der Waals surface area contributed by atoms with E-state index in [1.807, 2.05) is 35.1 Å². The number of methoxy groups -OCH3 is 1. The number of benzene rings is 1. The molecule has 1 aromatic heterocycles. The van der Waals surface area contributed by atoms with Gasteiger partial charge in [-0.25, -0.2) is 0 Å². The van der Waals surface area contributed by atoms with Gasteiger partial charge in [0.2, 0.25) is 0 Å². The lowest BCUT2D eigenvalue weighted by Crippen LogP contribution is -2.45. The smallest absolute Gasteiger partial charge is 0.191 e. The van der Waals surface area contributed by atoms with Crippen LogP contribution in [0.25, 0.3) is 0 Å². The molecule has 2 aromatic rings. The number of hydrogen-bond donors (Lipinski definition) is 2. The van der Waals surface area contributed by atoms with Crippen LogP contribution in [0.4, 0.5) is 5.69 Å². The molecule has 0 aliphatic carbocycles. The van der Waals surface area contributed by atoms with Crippen molar-refractivity contribution in [2.75, 3.05) is 38.7 Å². The standard InChI is InChI=1S/C18H25ClN6O.HI/c1-20-18(21-8-11-25-9-3-7-22-25)23-15-6-10-24(13-15)16-12-14(19)4-5-17(16)26-2;/h3-5,7,9,12,15H,6,8,10-11,13H2,1-2H3,(H2,20,21,23);1H. The largest absolute Gasteiger partial charge is 0.495 e. The van der Waals surface area contributed by atoms with Gasteiger partial charge < -0.3 is 20.3 Å².